The molecule has 2 rings (SSSR count). The topological polar surface area (TPSA) is 79.3 Å². The number of rotatable bonds is 6. The van der Waals surface area contributed by atoms with E-state index < -0.39 is 9.41 Å². The lowest BCUT2D eigenvalue weighted by molar-refractivity contribution is -0.758. The van der Waals surface area contributed by atoms with Gasteiger partial charge in [-0.2, -0.15) is 0 Å². The van der Waals surface area contributed by atoms with Gasteiger partial charge in [-0.25, -0.2) is 0 Å². The van der Waals surface area contributed by atoms with Crippen molar-refractivity contribution in [1.82, 2.24) is 0 Å². The van der Waals surface area contributed by atoms with Gasteiger partial charge in [-0.1, -0.05) is 36.5 Å². The average Bonchev–Trinajstić information content (AvgIpc) is 2.99. The highest BCUT2D eigenvalue weighted by molar-refractivity contribution is 5.68. The van der Waals surface area contributed by atoms with Gasteiger partial charge in [-0.05, 0) is 36.0 Å². The molecule has 6 heteroatoms. The fraction of sp³-hybridized carbons (Fsp3) is 0.412. The van der Waals surface area contributed by atoms with E-state index in [2.05, 4.69) is 37.0 Å². The second kappa shape index (κ2) is 7.16. The van der Waals surface area contributed by atoms with E-state index in [4.69, 9.17) is 0 Å². The number of nitro groups is 1. The van der Waals surface area contributed by atoms with E-state index in [0.29, 0.717) is 13.0 Å². The lowest BCUT2D eigenvalue weighted by atomic mass is 9.94. The maximum absolute atomic E-state index is 11.1. The molecule has 1 aromatic rings. The van der Waals surface area contributed by atoms with Gasteiger partial charge in [0.15, 0.2) is 6.20 Å². The minimum absolute atomic E-state index is 0.313. The molecule has 1 aromatic carbocycles. The molecule has 1 heterocycles. The van der Waals surface area contributed by atoms with Crippen LogP contribution in [0.4, 0.5) is 0 Å². The lowest BCUT2D eigenvalue weighted by Crippen LogP contribution is -2.46. The van der Waals surface area contributed by atoms with Gasteiger partial charge in [0, 0.05) is 16.3 Å². The second-order valence-corrected chi connectivity index (χ2v) is 5.54. The molecule has 0 N–H and O–H groups in total. The minimum Gasteiger partial charge on any atom is -0.354 e. The summed E-state index contributed by atoms with van der Waals surface area (Å²) < 4.78 is -0.442. The molecule has 120 valence electrons. The zero-order chi connectivity index (χ0) is 16.9. The summed E-state index contributed by atoms with van der Waals surface area (Å²) in [6.07, 6.45) is 8.29. The van der Waals surface area contributed by atoms with Crippen LogP contribution < -0.4 is 0 Å². The molecular weight excluding hydrogens is 292 g/mol. The van der Waals surface area contributed by atoms with Crippen LogP contribution in [-0.4, -0.2) is 21.9 Å². The van der Waals surface area contributed by atoms with Crippen molar-refractivity contribution in [3.63, 3.8) is 0 Å². The number of benzene rings is 1. The Hall–Kier alpha value is -2.52. The summed E-state index contributed by atoms with van der Waals surface area (Å²) in [6.45, 7) is 4.61. The third kappa shape index (κ3) is 3.30. The highest BCUT2D eigenvalue weighted by Crippen LogP contribution is 2.22. The minimum atomic E-state index is -0.569. The van der Waals surface area contributed by atoms with Crippen LogP contribution in [0.1, 0.15) is 37.0 Å². The smallest absolute Gasteiger partial charge is 0.354 e. The maximum atomic E-state index is 11.1. The van der Waals surface area contributed by atoms with Crippen LogP contribution in [0, 0.1) is 21.6 Å². The van der Waals surface area contributed by atoms with Crippen molar-refractivity contribution in [2.24, 2.45) is 4.99 Å². The van der Waals surface area contributed by atoms with Crippen molar-refractivity contribution in [2.75, 3.05) is 6.54 Å². The molecule has 6 nitrogen and oxygen atoms in total. The third-order valence-electron chi connectivity index (χ3n) is 4.28. The molecule has 0 spiro atoms. The van der Waals surface area contributed by atoms with E-state index in [9.17, 15) is 15.4 Å². The van der Waals surface area contributed by atoms with Gasteiger partial charge in [-0.3, -0.25) is 0 Å². The Kier molecular flexibility index (Phi) is 5.24. The first-order valence-electron chi connectivity index (χ1n) is 7.87. The highest BCUT2D eigenvalue weighted by atomic mass is 16.6. The predicted octanol–water partition coefficient (Wildman–Crippen LogP) is 3.16. The number of guanidine groups is 1. The zero-order valence-corrected chi connectivity index (χ0v) is 13.5. The first kappa shape index (κ1) is 16.8. The molecule has 1 aliphatic rings. The van der Waals surface area contributed by atoms with Gasteiger partial charge < -0.3 is 10.1 Å². The van der Waals surface area contributed by atoms with Crippen LogP contribution in [0.2, 0.25) is 0 Å². The molecule has 0 saturated carbocycles. The molecule has 0 saturated heterocycles. The van der Waals surface area contributed by atoms with Crippen molar-refractivity contribution in [2.45, 2.75) is 39.5 Å². The standard InChI is InChI=1S/C17H21N4O2/c1-3-14-7-5-8-15(4-2)16(14)9-6-11-21(13-18)12-10-19-17(21)20(22)23/h5,7-8,10,12H,3-4,6,9,11H2,1-2H3/q+1. The van der Waals surface area contributed by atoms with E-state index in [-0.39, 0.29) is 5.96 Å². The largest absolute Gasteiger partial charge is 0.558 e. The summed E-state index contributed by atoms with van der Waals surface area (Å²) >= 11 is 0. The van der Waals surface area contributed by atoms with Crippen molar-refractivity contribution in [3.8, 4) is 6.19 Å². The number of hydrogen-bond donors (Lipinski definition) is 0. The molecular formula is C17H21N4O2+. The summed E-state index contributed by atoms with van der Waals surface area (Å²) in [5.41, 5.74) is 3.94. The summed E-state index contributed by atoms with van der Waals surface area (Å²) in [6, 6.07) is 6.33. The fourth-order valence-electron chi connectivity index (χ4n) is 3.06. The highest BCUT2D eigenvalue weighted by Gasteiger charge is 2.46. The SMILES string of the molecule is CCc1cccc(CC)c1CCC[N+]1(C#N)C=CN=C1[N+](=O)[O-]. The van der Waals surface area contributed by atoms with Crippen LogP contribution in [-0.2, 0) is 19.3 Å². The van der Waals surface area contributed by atoms with E-state index in [1.165, 1.54) is 29.1 Å². The number of hydrogen-bond acceptors (Lipinski definition) is 4. The summed E-state index contributed by atoms with van der Waals surface area (Å²) in [5.74, 6) is -0.313. The molecule has 0 fully saturated rings. The van der Waals surface area contributed by atoms with Crippen molar-refractivity contribution >= 4 is 5.96 Å². The van der Waals surface area contributed by atoms with Gasteiger partial charge in [0.1, 0.15) is 6.54 Å². The first-order chi connectivity index (χ1) is 11.1. The van der Waals surface area contributed by atoms with Crippen molar-refractivity contribution in [3.05, 3.63) is 57.4 Å². The van der Waals surface area contributed by atoms with Gasteiger partial charge in [0.2, 0.25) is 6.20 Å². The number of nitrogens with zero attached hydrogens (tertiary/aromatic N) is 4. The monoisotopic (exact) mass is 313 g/mol. The lowest BCUT2D eigenvalue weighted by Gasteiger charge is -2.18. The number of aliphatic imine (C=N–C) groups is 1. The Morgan fingerprint density at radius 2 is 1.96 bits per heavy atom. The Morgan fingerprint density at radius 3 is 2.48 bits per heavy atom. The van der Waals surface area contributed by atoms with Crippen LogP contribution in [0.25, 0.3) is 0 Å². The molecule has 0 aromatic heterocycles. The van der Waals surface area contributed by atoms with Crippen LogP contribution in [0.5, 0.6) is 0 Å². The van der Waals surface area contributed by atoms with E-state index in [1.54, 1.807) is 0 Å². The molecule has 0 amide bonds. The van der Waals surface area contributed by atoms with Crippen LogP contribution >= 0.6 is 0 Å². The summed E-state index contributed by atoms with van der Waals surface area (Å²) in [7, 11) is 0. The maximum Gasteiger partial charge on any atom is 0.558 e. The summed E-state index contributed by atoms with van der Waals surface area (Å²) in [5, 5.41) is 20.5. The van der Waals surface area contributed by atoms with Gasteiger partial charge in [-0.15, -0.1) is 5.26 Å². The molecule has 1 atom stereocenters. The van der Waals surface area contributed by atoms with Gasteiger partial charge in [0.05, 0.1) is 0 Å². The van der Waals surface area contributed by atoms with Crippen molar-refractivity contribution in [1.29, 1.82) is 5.26 Å². The molecule has 0 radical (unpaired) electrons. The summed E-state index contributed by atoms with van der Waals surface area (Å²) in [4.78, 5) is 14.2. The molecule has 0 bridgehead atoms. The van der Waals surface area contributed by atoms with Crippen molar-refractivity contribution < 1.29 is 9.41 Å². The predicted molar refractivity (Wildman–Crippen MR) is 87.8 cm³/mol. The van der Waals surface area contributed by atoms with Crippen LogP contribution in [0.3, 0.4) is 0 Å². The zero-order valence-electron chi connectivity index (χ0n) is 13.5. The fourth-order valence-corrected chi connectivity index (χ4v) is 3.06. The third-order valence-corrected chi connectivity index (χ3v) is 4.28. The number of nitriles is 1. The number of aryl methyl sites for hydroxylation is 2. The Labute approximate surface area is 136 Å². The Bertz CT molecular complexity index is 681. The molecule has 1 unspecified atom stereocenters. The van der Waals surface area contributed by atoms with Crippen LogP contribution in [0.15, 0.2) is 35.6 Å². The molecule has 1 aliphatic heterocycles. The van der Waals surface area contributed by atoms with Gasteiger partial charge >= 0.3 is 12.2 Å². The molecule has 23 heavy (non-hydrogen) atoms. The Balaban J connectivity index is 2.14. The number of quaternary nitrogens is 1. The quantitative estimate of drug-likeness (QED) is 0.350. The Morgan fingerprint density at radius 1 is 1.30 bits per heavy atom. The molecule has 0 aliphatic carbocycles. The van der Waals surface area contributed by atoms with E-state index in [0.717, 1.165) is 19.3 Å². The average molecular weight is 313 g/mol. The normalized spacial score (nSPS) is 19.4. The second-order valence-electron chi connectivity index (χ2n) is 5.54. The van der Waals surface area contributed by atoms with E-state index in [1.807, 2.05) is 6.19 Å². The van der Waals surface area contributed by atoms with E-state index >= 15 is 0 Å². The first-order valence-corrected chi connectivity index (χ1v) is 7.87. The van der Waals surface area contributed by atoms with Gasteiger partial charge in [0.25, 0.3) is 0 Å².